The van der Waals surface area contributed by atoms with Crippen LogP contribution < -0.4 is 5.73 Å². The Morgan fingerprint density at radius 2 is 2.36 bits per heavy atom. The molecule has 0 spiro atoms. The largest absolute Gasteiger partial charge is 0.389 e. The number of aromatic amines is 1. The number of carbonyl (C=O) groups excluding carboxylic acids is 1. The number of amides is 1. The van der Waals surface area contributed by atoms with Gasteiger partial charge in [0.2, 0.25) is 5.91 Å². The average molecular weight is 199 g/mol. The van der Waals surface area contributed by atoms with E-state index in [1.165, 1.54) is 6.33 Å². The highest BCUT2D eigenvalue weighted by molar-refractivity contribution is 5.74. The molecule has 6 nitrogen and oxygen atoms in total. The molecule has 0 aliphatic rings. The first-order valence-corrected chi connectivity index (χ1v) is 4.16. The second kappa shape index (κ2) is 4.21. The maximum atomic E-state index is 10.5. The van der Waals surface area contributed by atoms with E-state index in [1.54, 1.807) is 6.92 Å². The number of nitrogens with zero attached hydrogens (tertiary/aromatic N) is 1. The van der Waals surface area contributed by atoms with Crippen molar-refractivity contribution in [3.05, 3.63) is 17.7 Å². The molecule has 0 aliphatic carbocycles. The van der Waals surface area contributed by atoms with Crippen molar-refractivity contribution in [1.82, 2.24) is 9.97 Å². The van der Waals surface area contributed by atoms with Crippen LogP contribution in [0.5, 0.6) is 0 Å². The average Bonchev–Trinajstić information content (AvgIpc) is 2.48. The van der Waals surface area contributed by atoms with Gasteiger partial charge in [0.05, 0.1) is 24.5 Å². The topological polar surface area (TPSA) is 112 Å². The summed E-state index contributed by atoms with van der Waals surface area (Å²) in [6.45, 7) is 1.71. The van der Waals surface area contributed by atoms with Crippen molar-refractivity contribution in [3.8, 4) is 0 Å². The number of primary amides is 1. The Bertz CT molecular complexity index is 323. The number of hydrogen-bond donors (Lipinski definition) is 4. The highest BCUT2D eigenvalue weighted by Crippen LogP contribution is 2.18. The quantitative estimate of drug-likeness (QED) is 0.497. The van der Waals surface area contributed by atoms with E-state index in [0.717, 1.165) is 0 Å². The van der Waals surface area contributed by atoms with E-state index in [9.17, 15) is 15.0 Å². The van der Waals surface area contributed by atoms with Gasteiger partial charge >= 0.3 is 0 Å². The maximum Gasteiger partial charge on any atom is 0.220 e. The van der Waals surface area contributed by atoms with Crippen LogP contribution in [0.25, 0.3) is 0 Å². The summed E-state index contributed by atoms with van der Waals surface area (Å²) in [5.41, 5.74) is 5.87. The molecule has 0 aliphatic heterocycles. The van der Waals surface area contributed by atoms with Crippen molar-refractivity contribution in [2.45, 2.75) is 25.6 Å². The zero-order chi connectivity index (χ0) is 10.7. The molecule has 1 aromatic rings. The highest BCUT2D eigenvalue weighted by Gasteiger charge is 2.23. The molecule has 2 unspecified atom stereocenters. The third-order valence-electron chi connectivity index (χ3n) is 1.92. The number of nitrogens with one attached hydrogen (secondary N) is 1. The van der Waals surface area contributed by atoms with Crippen LogP contribution in [-0.4, -0.2) is 32.2 Å². The number of nitrogens with two attached hydrogens (primary N) is 1. The molecule has 0 saturated carbocycles. The van der Waals surface area contributed by atoms with E-state index in [2.05, 4.69) is 9.97 Å². The summed E-state index contributed by atoms with van der Waals surface area (Å²) in [7, 11) is 0. The Morgan fingerprint density at radius 3 is 2.79 bits per heavy atom. The van der Waals surface area contributed by atoms with Gasteiger partial charge in [-0.3, -0.25) is 4.79 Å². The molecule has 6 heteroatoms. The molecule has 0 radical (unpaired) electrons. The van der Waals surface area contributed by atoms with E-state index < -0.39 is 18.1 Å². The van der Waals surface area contributed by atoms with Crippen LogP contribution >= 0.6 is 0 Å². The zero-order valence-electron chi connectivity index (χ0n) is 7.77. The van der Waals surface area contributed by atoms with Gasteiger partial charge in [-0.1, -0.05) is 0 Å². The molecular formula is C8H13N3O3. The molecule has 1 aromatic heterocycles. The fourth-order valence-corrected chi connectivity index (χ4v) is 1.17. The van der Waals surface area contributed by atoms with Gasteiger partial charge < -0.3 is 20.9 Å². The number of aliphatic hydroxyl groups excluding tert-OH is 2. The Labute approximate surface area is 80.8 Å². The smallest absolute Gasteiger partial charge is 0.220 e. The van der Waals surface area contributed by atoms with Gasteiger partial charge in [-0.05, 0) is 6.92 Å². The molecule has 78 valence electrons. The molecule has 0 saturated heterocycles. The Balaban J connectivity index is 2.70. The van der Waals surface area contributed by atoms with Gasteiger partial charge in [0, 0.05) is 5.69 Å². The van der Waals surface area contributed by atoms with Crippen molar-refractivity contribution in [3.63, 3.8) is 0 Å². The number of hydrogen-bond acceptors (Lipinski definition) is 4. The molecule has 1 heterocycles. The minimum atomic E-state index is -1.21. The predicted molar refractivity (Wildman–Crippen MR) is 48.1 cm³/mol. The lowest BCUT2D eigenvalue weighted by Crippen LogP contribution is -2.26. The molecule has 1 amide bonds. The molecule has 5 N–H and O–H groups in total. The SMILES string of the molecule is Cc1[nH]cnc1C(O)C(O)CC(N)=O. The second-order valence-electron chi connectivity index (χ2n) is 3.10. The number of aliphatic hydroxyl groups is 2. The summed E-state index contributed by atoms with van der Waals surface area (Å²) >= 11 is 0. The second-order valence-corrected chi connectivity index (χ2v) is 3.10. The molecule has 0 bridgehead atoms. The van der Waals surface area contributed by atoms with E-state index in [4.69, 9.17) is 5.73 Å². The van der Waals surface area contributed by atoms with Gasteiger partial charge in [-0.25, -0.2) is 4.98 Å². The fourth-order valence-electron chi connectivity index (χ4n) is 1.17. The van der Waals surface area contributed by atoms with Crippen molar-refractivity contribution in [2.75, 3.05) is 0 Å². The number of rotatable bonds is 4. The Hall–Kier alpha value is -1.40. The van der Waals surface area contributed by atoms with Crippen LogP contribution in [0.2, 0.25) is 0 Å². The summed E-state index contributed by atoms with van der Waals surface area (Å²) in [5.74, 6) is -0.662. The predicted octanol–water partition coefficient (Wildman–Crippen LogP) is -1.01. The Morgan fingerprint density at radius 1 is 1.71 bits per heavy atom. The van der Waals surface area contributed by atoms with E-state index in [1.807, 2.05) is 0 Å². The van der Waals surface area contributed by atoms with Crippen LogP contribution in [0, 0.1) is 6.92 Å². The zero-order valence-corrected chi connectivity index (χ0v) is 7.77. The van der Waals surface area contributed by atoms with Gasteiger partial charge in [-0.2, -0.15) is 0 Å². The van der Waals surface area contributed by atoms with Crippen LogP contribution in [-0.2, 0) is 4.79 Å². The summed E-state index contributed by atoms with van der Waals surface area (Å²) in [6.07, 6.45) is -1.28. The monoisotopic (exact) mass is 199 g/mol. The lowest BCUT2D eigenvalue weighted by molar-refractivity contribution is -0.121. The first-order valence-electron chi connectivity index (χ1n) is 4.16. The van der Waals surface area contributed by atoms with Crippen molar-refractivity contribution >= 4 is 5.91 Å². The normalized spacial score (nSPS) is 15.1. The maximum absolute atomic E-state index is 10.5. The molecule has 2 atom stereocenters. The molecule has 0 fully saturated rings. The molecular weight excluding hydrogens is 186 g/mol. The van der Waals surface area contributed by atoms with Crippen molar-refractivity contribution in [2.24, 2.45) is 5.73 Å². The lowest BCUT2D eigenvalue weighted by Gasteiger charge is -2.14. The van der Waals surface area contributed by atoms with Gasteiger partial charge in [0.15, 0.2) is 0 Å². The first kappa shape index (κ1) is 10.7. The van der Waals surface area contributed by atoms with Crippen LogP contribution in [0.3, 0.4) is 0 Å². The first-order chi connectivity index (χ1) is 6.52. The summed E-state index contributed by atoms with van der Waals surface area (Å²) in [6, 6.07) is 0. The standard InChI is InChI=1S/C8H13N3O3/c1-4-7(11-3-10-4)8(14)5(12)2-6(9)13/h3,5,8,12,14H,2H2,1H3,(H2,9,13)(H,10,11). The van der Waals surface area contributed by atoms with Crippen LogP contribution in [0.4, 0.5) is 0 Å². The van der Waals surface area contributed by atoms with Crippen LogP contribution in [0.1, 0.15) is 23.9 Å². The summed E-state index contributed by atoms with van der Waals surface area (Å²) in [5, 5.41) is 18.9. The van der Waals surface area contributed by atoms with Crippen LogP contribution in [0.15, 0.2) is 6.33 Å². The summed E-state index contributed by atoms with van der Waals surface area (Å²) in [4.78, 5) is 17.1. The Kier molecular flexibility index (Phi) is 3.21. The van der Waals surface area contributed by atoms with E-state index in [-0.39, 0.29) is 6.42 Å². The van der Waals surface area contributed by atoms with Crippen molar-refractivity contribution < 1.29 is 15.0 Å². The molecule has 1 rings (SSSR count). The number of imidazole rings is 1. The minimum absolute atomic E-state index is 0.284. The van der Waals surface area contributed by atoms with Gasteiger partial charge in [-0.15, -0.1) is 0 Å². The minimum Gasteiger partial charge on any atom is -0.389 e. The summed E-state index contributed by atoms with van der Waals surface area (Å²) < 4.78 is 0. The third-order valence-corrected chi connectivity index (χ3v) is 1.92. The van der Waals surface area contributed by atoms with E-state index >= 15 is 0 Å². The van der Waals surface area contributed by atoms with Gasteiger partial charge in [0.1, 0.15) is 6.10 Å². The number of aryl methyl sites for hydroxylation is 1. The van der Waals surface area contributed by atoms with Gasteiger partial charge in [0.25, 0.3) is 0 Å². The number of H-pyrrole nitrogens is 1. The molecule has 14 heavy (non-hydrogen) atoms. The third kappa shape index (κ3) is 2.30. The van der Waals surface area contributed by atoms with Crippen molar-refractivity contribution in [1.29, 1.82) is 0 Å². The fraction of sp³-hybridized carbons (Fsp3) is 0.500. The molecule has 0 aromatic carbocycles. The lowest BCUT2D eigenvalue weighted by atomic mass is 10.1. The van der Waals surface area contributed by atoms with E-state index in [0.29, 0.717) is 11.4 Å². The number of carbonyl (C=O) groups is 1. The highest BCUT2D eigenvalue weighted by atomic mass is 16.3. The number of aromatic nitrogens is 2.